The van der Waals surface area contributed by atoms with Gasteiger partial charge in [0.25, 0.3) is 5.56 Å². The fourth-order valence-electron chi connectivity index (χ4n) is 3.06. The first kappa shape index (κ1) is 14.6. The molecule has 6 heteroatoms. The van der Waals surface area contributed by atoms with E-state index in [-0.39, 0.29) is 12.1 Å². The second-order valence-electron chi connectivity index (χ2n) is 5.75. The molecule has 0 fully saturated rings. The number of nitrogens with two attached hydrogens (primary N) is 1. The molecule has 4 N–H and O–H groups in total. The van der Waals surface area contributed by atoms with Gasteiger partial charge in [0.2, 0.25) is 0 Å². The molecule has 0 aliphatic heterocycles. The molecule has 24 heavy (non-hydrogen) atoms. The average Bonchev–Trinajstić information content (AvgIpc) is 3.04. The lowest BCUT2D eigenvalue weighted by atomic mass is 10.0. The largest absolute Gasteiger partial charge is 0.346 e. The van der Waals surface area contributed by atoms with Gasteiger partial charge in [0.1, 0.15) is 5.65 Å². The Kier molecular flexibility index (Phi) is 3.39. The Balaban J connectivity index is 1.94. The van der Waals surface area contributed by atoms with Crippen molar-refractivity contribution in [3.63, 3.8) is 0 Å². The van der Waals surface area contributed by atoms with Crippen LogP contribution < -0.4 is 11.3 Å². The molecule has 0 unspecified atom stereocenters. The molecule has 6 nitrogen and oxygen atoms in total. The molecule has 0 saturated carbocycles. The zero-order chi connectivity index (χ0) is 16.7. The smallest absolute Gasteiger partial charge is 0.272 e. The number of aryl methyl sites for hydroxylation is 1. The van der Waals surface area contributed by atoms with E-state index in [1.807, 2.05) is 30.6 Å². The third-order valence-electron chi connectivity index (χ3n) is 4.39. The van der Waals surface area contributed by atoms with Crippen molar-refractivity contribution in [2.24, 2.45) is 5.73 Å². The molecule has 4 rings (SSSR count). The first-order valence-corrected chi connectivity index (χ1v) is 7.89. The number of nitrogens with one attached hydrogen (secondary N) is 2. The highest BCUT2D eigenvalue weighted by Crippen LogP contribution is 2.27. The SMILES string of the molecule is CCc1c[nH]c2ncc(-c3ccc4c(=O)[nH]nc(CN)c4c3)cc12. The maximum Gasteiger partial charge on any atom is 0.272 e. The molecule has 0 radical (unpaired) electrons. The molecule has 0 atom stereocenters. The van der Waals surface area contributed by atoms with Gasteiger partial charge in [0, 0.05) is 35.3 Å². The summed E-state index contributed by atoms with van der Waals surface area (Å²) in [5.74, 6) is 0. The Morgan fingerprint density at radius 2 is 1.96 bits per heavy atom. The molecule has 3 heterocycles. The van der Waals surface area contributed by atoms with E-state index in [1.165, 1.54) is 5.56 Å². The van der Waals surface area contributed by atoms with Gasteiger partial charge in [0.05, 0.1) is 11.1 Å². The van der Waals surface area contributed by atoms with Crippen molar-refractivity contribution in [1.29, 1.82) is 0 Å². The summed E-state index contributed by atoms with van der Waals surface area (Å²) in [5, 5.41) is 9.03. The Hall–Kier alpha value is -2.99. The van der Waals surface area contributed by atoms with Crippen LogP contribution >= 0.6 is 0 Å². The average molecular weight is 319 g/mol. The summed E-state index contributed by atoms with van der Waals surface area (Å²) in [6.07, 6.45) is 4.78. The van der Waals surface area contributed by atoms with Gasteiger partial charge in [0.15, 0.2) is 0 Å². The molecule has 0 aliphatic rings. The summed E-state index contributed by atoms with van der Waals surface area (Å²) in [4.78, 5) is 19.6. The zero-order valence-corrected chi connectivity index (χ0v) is 13.3. The number of hydrogen-bond acceptors (Lipinski definition) is 4. The lowest BCUT2D eigenvalue weighted by Crippen LogP contribution is -2.13. The fourth-order valence-corrected chi connectivity index (χ4v) is 3.06. The predicted molar refractivity (Wildman–Crippen MR) is 94.7 cm³/mol. The van der Waals surface area contributed by atoms with Crippen LogP contribution in [0, 0.1) is 0 Å². The highest BCUT2D eigenvalue weighted by atomic mass is 16.1. The van der Waals surface area contributed by atoms with Crippen LogP contribution in [0.15, 0.2) is 41.5 Å². The van der Waals surface area contributed by atoms with Gasteiger partial charge in [-0.3, -0.25) is 4.79 Å². The number of rotatable bonds is 3. The number of aromatic nitrogens is 4. The van der Waals surface area contributed by atoms with E-state index in [9.17, 15) is 4.79 Å². The van der Waals surface area contributed by atoms with Gasteiger partial charge >= 0.3 is 0 Å². The van der Waals surface area contributed by atoms with Crippen LogP contribution in [0.25, 0.3) is 32.9 Å². The normalized spacial score (nSPS) is 11.4. The van der Waals surface area contributed by atoms with Gasteiger partial charge in [-0.1, -0.05) is 13.0 Å². The van der Waals surface area contributed by atoms with Crippen molar-refractivity contribution >= 4 is 21.8 Å². The standard InChI is InChI=1S/C18H17N5O/c1-2-10-8-20-17-14(10)6-12(9-21-17)11-3-4-13-15(5-11)16(7-19)22-23-18(13)24/h3-6,8-9H,2,7,19H2,1H3,(H,20,21)(H,23,24). The second kappa shape index (κ2) is 5.58. The van der Waals surface area contributed by atoms with Crippen molar-refractivity contribution < 1.29 is 0 Å². The number of hydrogen-bond donors (Lipinski definition) is 3. The molecule has 0 amide bonds. The lowest BCUT2D eigenvalue weighted by molar-refractivity contribution is 0.900. The van der Waals surface area contributed by atoms with Gasteiger partial charge in [-0.2, -0.15) is 5.10 Å². The van der Waals surface area contributed by atoms with Crippen LogP contribution in [0.2, 0.25) is 0 Å². The predicted octanol–water partition coefficient (Wildman–Crippen LogP) is 2.49. The maximum atomic E-state index is 11.9. The highest BCUT2D eigenvalue weighted by Gasteiger charge is 2.10. The van der Waals surface area contributed by atoms with Gasteiger partial charge in [-0.05, 0) is 35.7 Å². The molecule has 3 aromatic heterocycles. The number of nitrogens with zero attached hydrogens (tertiary/aromatic N) is 2. The van der Waals surface area contributed by atoms with E-state index < -0.39 is 0 Å². The molecular formula is C18H17N5O. The number of pyridine rings is 1. The van der Waals surface area contributed by atoms with Crippen LogP contribution in [0.4, 0.5) is 0 Å². The monoisotopic (exact) mass is 319 g/mol. The quantitative estimate of drug-likeness (QED) is 0.540. The third kappa shape index (κ3) is 2.19. The summed E-state index contributed by atoms with van der Waals surface area (Å²) in [6.45, 7) is 2.39. The van der Waals surface area contributed by atoms with E-state index in [4.69, 9.17) is 5.73 Å². The van der Waals surface area contributed by atoms with E-state index >= 15 is 0 Å². The lowest BCUT2D eigenvalue weighted by Gasteiger charge is -2.07. The number of benzene rings is 1. The Labute approximate surface area is 137 Å². The second-order valence-corrected chi connectivity index (χ2v) is 5.75. The minimum absolute atomic E-state index is 0.207. The van der Waals surface area contributed by atoms with Gasteiger partial charge in [-0.25, -0.2) is 10.1 Å². The molecule has 120 valence electrons. The van der Waals surface area contributed by atoms with Crippen molar-refractivity contribution in [1.82, 2.24) is 20.2 Å². The molecule has 0 bridgehead atoms. The van der Waals surface area contributed by atoms with Crippen LogP contribution in [0.3, 0.4) is 0 Å². The first-order chi connectivity index (χ1) is 11.7. The summed E-state index contributed by atoms with van der Waals surface area (Å²) >= 11 is 0. The third-order valence-corrected chi connectivity index (χ3v) is 4.39. The van der Waals surface area contributed by atoms with E-state index in [2.05, 4.69) is 33.2 Å². The molecule has 0 spiro atoms. The Bertz CT molecular complexity index is 1110. The molecule has 0 aliphatic carbocycles. The van der Waals surface area contributed by atoms with Crippen LogP contribution in [0.5, 0.6) is 0 Å². The number of aromatic amines is 2. The fraction of sp³-hybridized carbons (Fsp3) is 0.167. The maximum absolute atomic E-state index is 11.9. The van der Waals surface area contributed by atoms with Crippen LogP contribution in [0.1, 0.15) is 18.2 Å². The number of H-pyrrole nitrogens is 2. The Morgan fingerprint density at radius 1 is 1.12 bits per heavy atom. The highest BCUT2D eigenvalue weighted by molar-refractivity contribution is 5.90. The van der Waals surface area contributed by atoms with Crippen molar-refractivity contribution in [2.45, 2.75) is 19.9 Å². The molecule has 1 aromatic carbocycles. The number of fused-ring (bicyclic) bond motifs is 2. The van der Waals surface area contributed by atoms with Crippen molar-refractivity contribution in [3.05, 3.63) is 58.3 Å². The summed E-state index contributed by atoms with van der Waals surface area (Å²) in [7, 11) is 0. The van der Waals surface area contributed by atoms with Gasteiger partial charge in [-0.15, -0.1) is 0 Å². The van der Waals surface area contributed by atoms with E-state index in [1.54, 1.807) is 0 Å². The summed E-state index contributed by atoms with van der Waals surface area (Å²) in [6, 6.07) is 7.83. The molecule has 0 saturated heterocycles. The van der Waals surface area contributed by atoms with Crippen molar-refractivity contribution in [3.8, 4) is 11.1 Å². The first-order valence-electron chi connectivity index (χ1n) is 7.89. The van der Waals surface area contributed by atoms with Crippen LogP contribution in [-0.2, 0) is 13.0 Å². The van der Waals surface area contributed by atoms with Crippen molar-refractivity contribution in [2.75, 3.05) is 0 Å². The van der Waals surface area contributed by atoms with Gasteiger partial charge < -0.3 is 10.7 Å². The summed E-state index contributed by atoms with van der Waals surface area (Å²) in [5.41, 5.74) is 10.3. The zero-order valence-electron chi connectivity index (χ0n) is 13.3. The van der Waals surface area contributed by atoms with Crippen LogP contribution in [-0.4, -0.2) is 20.2 Å². The van der Waals surface area contributed by atoms with E-state index in [0.29, 0.717) is 11.1 Å². The van der Waals surface area contributed by atoms with E-state index in [0.717, 1.165) is 34.0 Å². The molecule has 4 aromatic rings. The minimum Gasteiger partial charge on any atom is -0.346 e. The topological polar surface area (TPSA) is 100 Å². The minimum atomic E-state index is -0.207. The Morgan fingerprint density at radius 3 is 2.75 bits per heavy atom. The molecular weight excluding hydrogens is 302 g/mol. The summed E-state index contributed by atoms with van der Waals surface area (Å²) < 4.78 is 0.